The van der Waals surface area contributed by atoms with Crippen molar-refractivity contribution in [1.82, 2.24) is 0 Å². The van der Waals surface area contributed by atoms with Crippen molar-refractivity contribution in [3.63, 3.8) is 0 Å². The minimum absolute atomic E-state index is 0.114. The van der Waals surface area contributed by atoms with Gasteiger partial charge in [-0.3, -0.25) is 9.59 Å². The summed E-state index contributed by atoms with van der Waals surface area (Å²) in [4.78, 5) is 24.5. The lowest BCUT2D eigenvalue weighted by molar-refractivity contribution is -0.138. The number of para-hydroxylation sites is 1. The first-order chi connectivity index (χ1) is 12.2. The molecule has 0 saturated carbocycles. The first-order valence-corrected chi connectivity index (χ1v) is 10.2. The minimum atomic E-state index is -0.564. The second-order valence-electron chi connectivity index (χ2n) is 5.96. The van der Waals surface area contributed by atoms with Gasteiger partial charge in [0.15, 0.2) is 0 Å². The Morgan fingerprint density at radius 2 is 1.76 bits per heavy atom. The number of amides is 1. The fraction of sp³-hybridized carbons (Fsp3) is 0.263. The number of nitrogens with one attached hydrogen (secondary N) is 1. The summed E-state index contributed by atoms with van der Waals surface area (Å²) in [7, 11) is 0. The van der Waals surface area contributed by atoms with Gasteiger partial charge in [0.1, 0.15) is 5.75 Å². The molecule has 1 saturated heterocycles. The molecule has 6 heteroatoms. The van der Waals surface area contributed by atoms with Gasteiger partial charge in [0, 0.05) is 23.6 Å². The SMILES string of the molecule is O=C1C[C@@H](C(=O)Oc2ccc(C3SCCS3)cc2)c2ccccc2N1. The van der Waals surface area contributed by atoms with Crippen molar-refractivity contribution in [2.45, 2.75) is 16.9 Å². The van der Waals surface area contributed by atoms with Gasteiger partial charge in [0.2, 0.25) is 5.91 Å². The largest absolute Gasteiger partial charge is 0.426 e. The first-order valence-electron chi connectivity index (χ1n) is 8.14. The van der Waals surface area contributed by atoms with E-state index >= 15 is 0 Å². The molecule has 0 aliphatic carbocycles. The molecule has 2 heterocycles. The monoisotopic (exact) mass is 371 g/mol. The normalized spacial score (nSPS) is 20.0. The zero-order valence-corrected chi connectivity index (χ0v) is 15.1. The molecule has 2 aromatic rings. The maximum Gasteiger partial charge on any atom is 0.319 e. The molecule has 0 bridgehead atoms. The number of carbonyl (C=O) groups is 2. The summed E-state index contributed by atoms with van der Waals surface area (Å²) in [6.45, 7) is 0. The topological polar surface area (TPSA) is 55.4 Å². The molecule has 1 N–H and O–H groups in total. The Labute approximate surface area is 154 Å². The Morgan fingerprint density at radius 3 is 2.52 bits per heavy atom. The summed E-state index contributed by atoms with van der Waals surface area (Å²) in [5, 5.41) is 2.80. The molecule has 1 fully saturated rings. The fourth-order valence-corrected chi connectivity index (χ4v) is 5.91. The Bertz CT molecular complexity index is 801. The summed E-state index contributed by atoms with van der Waals surface area (Å²) < 4.78 is 6.02. The lowest BCUT2D eigenvalue weighted by Gasteiger charge is -2.24. The van der Waals surface area contributed by atoms with Crippen LogP contribution >= 0.6 is 23.5 Å². The van der Waals surface area contributed by atoms with E-state index in [4.69, 9.17) is 4.74 Å². The number of esters is 1. The van der Waals surface area contributed by atoms with E-state index in [9.17, 15) is 9.59 Å². The van der Waals surface area contributed by atoms with Gasteiger partial charge in [-0.1, -0.05) is 30.3 Å². The second-order valence-corrected chi connectivity index (χ2v) is 8.68. The van der Waals surface area contributed by atoms with Gasteiger partial charge in [-0.15, -0.1) is 23.5 Å². The molecule has 1 atom stereocenters. The summed E-state index contributed by atoms with van der Waals surface area (Å²) in [6, 6.07) is 15.1. The number of thioether (sulfide) groups is 2. The Hall–Kier alpha value is -1.92. The van der Waals surface area contributed by atoms with Crippen molar-refractivity contribution in [3.05, 3.63) is 59.7 Å². The van der Waals surface area contributed by atoms with Crippen molar-refractivity contribution in [3.8, 4) is 5.75 Å². The predicted molar refractivity (Wildman–Crippen MR) is 102 cm³/mol. The van der Waals surface area contributed by atoms with E-state index in [1.807, 2.05) is 66.0 Å². The maximum atomic E-state index is 12.6. The molecule has 2 aromatic carbocycles. The molecule has 2 aliphatic heterocycles. The highest BCUT2D eigenvalue weighted by atomic mass is 32.2. The van der Waals surface area contributed by atoms with Crippen LogP contribution in [-0.4, -0.2) is 23.4 Å². The number of ether oxygens (including phenoxy) is 1. The third-order valence-corrected chi connectivity index (χ3v) is 7.38. The molecular formula is C19H17NO3S2. The van der Waals surface area contributed by atoms with Gasteiger partial charge in [-0.25, -0.2) is 0 Å². The number of hydrogen-bond donors (Lipinski definition) is 1. The third kappa shape index (κ3) is 3.55. The number of fused-ring (bicyclic) bond motifs is 1. The van der Waals surface area contributed by atoms with Gasteiger partial charge >= 0.3 is 5.97 Å². The van der Waals surface area contributed by atoms with Gasteiger partial charge in [0.25, 0.3) is 0 Å². The summed E-state index contributed by atoms with van der Waals surface area (Å²) in [6.07, 6.45) is 0.114. The van der Waals surface area contributed by atoms with Gasteiger partial charge in [-0.05, 0) is 29.3 Å². The highest BCUT2D eigenvalue weighted by Crippen LogP contribution is 2.45. The molecule has 4 nitrogen and oxygen atoms in total. The zero-order chi connectivity index (χ0) is 17.2. The molecule has 0 unspecified atom stereocenters. The van der Waals surface area contributed by atoms with Crippen LogP contribution in [0.25, 0.3) is 0 Å². The van der Waals surface area contributed by atoms with E-state index < -0.39 is 5.92 Å². The second kappa shape index (κ2) is 7.14. The quantitative estimate of drug-likeness (QED) is 0.647. The number of benzene rings is 2. The van der Waals surface area contributed by atoms with Gasteiger partial charge in [-0.2, -0.15) is 0 Å². The fourth-order valence-electron chi connectivity index (χ4n) is 3.05. The number of carbonyl (C=O) groups excluding carboxylic acids is 2. The number of rotatable bonds is 3. The Balaban J connectivity index is 1.49. The Morgan fingerprint density at radius 1 is 1.04 bits per heavy atom. The lowest BCUT2D eigenvalue weighted by atomic mass is 9.91. The first kappa shape index (κ1) is 16.5. The van der Waals surface area contributed by atoms with Gasteiger partial charge < -0.3 is 10.1 Å². The summed E-state index contributed by atoms with van der Waals surface area (Å²) in [5.41, 5.74) is 2.74. The average molecular weight is 371 g/mol. The van der Waals surface area contributed by atoms with Crippen LogP contribution in [0.1, 0.15) is 28.0 Å². The van der Waals surface area contributed by atoms with E-state index in [1.165, 1.54) is 17.1 Å². The highest BCUT2D eigenvalue weighted by Gasteiger charge is 2.32. The van der Waals surface area contributed by atoms with E-state index in [-0.39, 0.29) is 18.3 Å². The number of hydrogen-bond acceptors (Lipinski definition) is 5. The van der Waals surface area contributed by atoms with Crippen LogP contribution in [0.2, 0.25) is 0 Å². The van der Waals surface area contributed by atoms with E-state index in [2.05, 4.69) is 5.32 Å². The zero-order valence-electron chi connectivity index (χ0n) is 13.4. The lowest BCUT2D eigenvalue weighted by Crippen LogP contribution is -2.29. The maximum absolute atomic E-state index is 12.6. The van der Waals surface area contributed by atoms with Crippen LogP contribution in [0.5, 0.6) is 5.75 Å². The van der Waals surface area contributed by atoms with E-state index in [0.29, 0.717) is 16.0 Å². The predicted octanol–water partition coefficient (Wildman–Crippen LogP) is 4.20. The molecule has 0 aromatic heterocycles. The molecule has 1 amide bonds. The highest BCUT2D eigenvalue weighted by molar-refractivity contribution is 8.19. The molecule has 25 heavy (non-hydrogen) atoms. The third-order valence-electron chi connectivity index (χ3n) is 4.28. The van der Waals surface area contributed by atoms with E-state index in [1.54, 1.807) is 6.07 Å². The number of anilines is 1. The summed E-state index contributed by atoms with van der Waals surface area (Å²) in [5.74, 6) is 1.76. The molecule has 128 valence electrons. The molecule has 0 radical (unpaired) electrons. The molecular weight excluding hydrogens is 354 g/mol. The molecule has 0 spiro atoms. The standard InChI is InChI=1S/C19H17NO3S2/c21-17-11-15(14-3-1-2-4-16(14)20-17)18(22)23-13-7-5-12(6-8-13)19-24-9-10-25-19/h1-8,15,19H,9-11H2,(H,20,21)/t15-/m1/s1. The van der Waals surface area contributed by atoms with Crippen LogP contribution < -0.4 is 10.1 Å². The van der Waals surface area contributed by atoms with Crippen molar-refractivity contribution >= 4 is 41.1 Å². The van der Waals surface area contributed by atoms with Crippen LogP contribution in [0, 0.1) is 0 Å². The van der Waals surface area contributed by atoms with Crippen molar-refractivity contribution < 1.29 is 14.3 Å². The van der Waals surface area contributed by atoms with E-state index in [0.717, 1.165) is 5.56 Å². The van der Waals surface area contributed by atoms with Crippen LogP contribution in [0.3, 0.4) is 0 Å². The van der Waals surface area contributed by atoms with Gasteiger partial charge in [0.05, 0.1) is 10.5 Å². The summed E-state index contributed by atoms with van der Waals surface area (Å²) >= 11 is 3.88. The van der Waals surface area contributed by atoms with Crippen LogP contribution in [-0.2, 0) is 9.59 Å². The Kier molecular flexibility index (Phi) is 4.72. The van der Waals surface area contributed by atoms with Crippen molar-refractivity contribution in [2.75, 3.05) is 16.8 Å². The van der Waals surface area contributed by atoms with Crippen LogP contribution in [0.15, 0.2) is 48.5 Å². The van der Waals surface area contributed by atoms with Crippen molar-refractivity contribution in [1.29, 1.82) is 0 Å². The average Bonchev–Trinajstić information content (AvgIpc) is 3.16. The molecule has 2 aliphatic rings. The molecule has 4 rings (SSSR count). The van der Waals surface area contributed by atoms with Crippen molar-refractivity contribution in [2.24, 2.45) is 0 Å². The smallest absolute Gasteiger partial charge is 0.319 e. The minimum Gasteiger partial charge on any atom is -0.426 e. The van der Waals surface area contributed by atoms with Crippen LogP contribution in [0.4, 0.5) is 5.69 Å².